The number of hydrogen-bond donors (Lipinski definition) is 1. The summed E-state index contributed by atoms with van der Waals surface area (Å²) in [4.78, 5) is 32.9. The molecule has 2 heterocycles. The van der Waals surface area contributed by atoms with E-state index in [0.29, 0.717) is 5.56 Å². The Bertz CT molecular complexity index is 1070. The Morgan fingerprint density at radius 2 is 2.00 bits per heavy atom. The molecule has 8 heteroatoms. The van der Waals surface area contributed by atoms with Crippen LogP contribution in [0, 0.1) is 0 Å². The van der Waals surface area contributed by atoms with Gasteiger partial charge in [0.15, 0.2) is 0 Å². The van der Waals surface area contributed by atoms with Crippen molar-refractivity contribution in [2.75, 3.05) is 0 Å². The Balaban J connectivity index is 1.66. The van der Waals surface area contributed by atoms with Crippen LogP contribution in [0.5, 0.6) is 0 Å². The van der Waals surface area contributed by atoms with Crippen LogP contribution in [0.1, 0.15) is 51.6 Å². The number of rotatable bonds is 8. The lowest BCUT2D eigenvalue weighted by Gasteiger charge is -2.34. The normalized spacial score (nSPS) is 14.9. The molecular formula is C23H28N6O2. The number of pyridine rings is 1. The van der Waals surface area contributed by atoms with Crippen molar-refractivity contribution in [1.29, 1.82) is 0 Å². The predicted molar refractivity (Wildman–Crippen MR) is 117 cm³/mol. The van der Waals surface area contributed by atoms with E-state index in [-0.39, 0.29) is 29.9 Å². The van der Waals surface area contributed by atoms with Crippen LogP contribution < -0.4 is 5.32 Å². The second-order valence-electron chi connectivity index (χ2n) is 8.68. The summed E-state index contributed by atoms with van der Waals surface area (Å²) in [6, 6.07) is 10.5. The molecule has 162 valence electrons. The van der Waals surface area contributed by atoms with E-state index in [1.54, 1.807) is 28.0 Å². The van der Waals surface area contributed by atoms with E-state index < -0.39 is 6.04 Å². The van der Waals surface area contributed by atoms with Gasteiger partial charge in [0.25, 0.3) is 0 Å². The second kappa shape index (κ2) is 8.45. The third kappa shape index (κ3) is 4.57. The highest BCUT2D eigenvalue weighted by Crippen LogP contribution is 2.35. The third-order valence-corrected chi connectivity index (χ3v) is 5.81. The average molecular weight is 421 g/mol. The Kier molecular flexibility index (Phi) is 5.71. The molecule has 0 saturated heterocycles. The fourth-order valence-electron chi connectivity index (χ4n) is 3.62. The molecule has 0 unspecified atom stereocenters. The van der Waals surface area contributed by atoms with Crippen molar-refractivity contribution in [3.63, 3.8) is 0 Å². The van der Waals surface area contributed by atoms with Crippen molar-refractivity contribution in [3.8, 4) is 0 Å². The van der Waals surface area contributed by atoms with Gasteiger partial charge in [0.2, 0.25) is 11.8 Å². The van der Waals surface area contributed by atoms with Crippen molar-refractivity contribution in [2.24, 2.45) is 0 Å². The average Bonchev–Trinajstić information content (AvgIpc) is 3.52. The number of para-hydroxylation sites is 1. The van der Waals surface area contributed by atoms with Crippen LogP contribution >= 0.6 is 0 Å². The van der Waals surface area contributed by atoms with Crippen LogP contribution in [-0.4, -0.2) is 48.3 Å². The fourth-order valence-corrected chi connectivity index (χ4v) is 3.62. The Morgan fingerprint density at radius 1 is 1.23 bits per heavy atom. The molecule has 1 atom stereocenters. The maximum atomic E-state index is 13.5. The van der Waals surface area contributed by atoms with E-state index in [4.69, 9.17) is 0 Å². The lowest BCUT2D eigenvalue weighted by atomic mass is 9.99. The van der Waals surface area contributed by atoms with Crippen LogP contribution in [0.4, 0.5) is 0 Å². The summed E-state index contributed by atoms with van der Waals surface area (Å²) in [7, 11) is 0. The lowest BCUT2D eigenvalue weighted by molar-refractivity contribution is -0.143. The first-order chi connectivity index (χ1) is 14.9. The topological polar surface area (TPSA) is 93.0 Å². The molecule has 2 aromatic heterocycles. The maximum absolute atomic E-state index is 13.5. The zero-order chi connectivity index (χ0) is 22.0. The SMILES string of the molecule is CCC(C)(C)NC(=O)[C@@H](c1cccnc1)N(C(=O)Cn1nnc2ccccc21)C1CC1. The van der Waals surface area contributed by atoms with Gasteiger partial charge in [-0.05, 0) is 51.3 Å². The maximum Gasteiger partial charge on any atom is 0.247 e. The van der Waals surface area contributed by atoms with Crippen molar-refractivity contribution < 1.29 is 9.59 Å². The van der Waals surface area contributed by atoms with Crippen LogP contribution in [0.15, 0.2) is 48.8 Å². The second-order valence-corrected chi connectivity index (χ2v) is 8.68. The number of carbonyl (C=O) groups is 2. The number of hydrogen-bond acceptors (Lipinski definition) is 5. The molecule has 1 N–H and O–H groups in total. The molecule has 1 aliphatic carbocycles. The molecule has 1 fully saturated rings. The Labute approximate surface area is 181 Å². The number of carbonyl (C=O) groups excluding carboxylic acids is 2. The van der Waals surface area contributed by atoms with Crippen molar-refractivity contribution in [1.82, 2.24) is 30.2 Å². The molecule has 0 aliphatic heterocycles. The van der Waals surface area contributed by atoms with E-state index in [1.807, 2.05) is 51.1 Å². The van der Waals surface area contributed by atoms with E-state index in [1.165, 1.54) is 0 Å². The fraction of sp³-hybridized carbons (Fsp3) is 0.435. The first kappa shape index (κ1) is 21.0. The molecule has 3 aromatic rings. The minimum absolute atomic E-state index is 0.0260. The van der Waals surface area contributed by atoms with Crippen LogP contribution in [-0.2, 0) is 16.1 Å². The summed E-state index contributed by atoms with van der Waals surface area (Å²) >= 11 is 0. The van der Waals surface area contributed by atoms with Crippen molar-refractivity contribution in [2.45, 2.75) is 64.2 Å². The first-order valence-corrected chi connectivity index (χ1v) is 10.7. The molecule has 1 aromatic carbocycles. The Hall–Kier alpha value is -3.29. The third-order valence-electron chi connectivity index (χ3n) is 5.81. The van der Waals surface area contributed by atoms with Crippen LogP contribution in [0.2, 0.25) is 0 Å². The monoisotopic (exact) mass is 420 g/mol. The molecule has 8 nitrogen and oxygen atoms in total. The van der Waals surface area contributed by atoms with E-state index in [9.17, 15) is 9.59 Å². The van der Waals surface area contributed by atoms with Gasteiger partial charge in [-0.15, -0.1) is 5.10 Å². The van der Waals surface area contributed by atoms with E-state index >= 15 is 0 Å². The minimum atomic E-state index is -0.741. The molecule has 31 heavy (non-hydrogen) atoms. The standard InChI is InChI=1S/C23H28N6O2/c1-4-23(2,3)25-22(31)21(16-8-7-13-24-14-16)29(17-11-12-17)20(30)15-28-19-10-6-5-9-18(19)26-27-28/h5-10,13-14,17,21H,4,11-12,15H2,1-3H3,(H,25,31)/t21-/m1/s1. The van der Waals surface area contributed by atoms with E-state index in [2.05, 4.69) is 20.6 Å². The lowest BCUT2D eigenvalue weighted by Crippen LogP contribution is -2.51. The summed E-state index contributed by atoms with van der Waals surface area (Å²) in [5, 5.41) is 11.4. The van der Waals surface area contributed by atoms with Crippen molar-refractivity contribution in [3.05, 3.63) is 54.4 Å². The number of fused-ring (bicyclic) bond motifs is 1. The molecule has 2 amide bonds. The predicted octanol–water partition coefficient (Wildman–Crippen LogP) is 2.86. The van der Waals surface area contributed by atoms with Gasteiger partial charge < -0.3 is 10.2 Å². The Morgan fingerprint density at radius 3 is 2.68 bits per heavy atom. The van der Waals surface area contributed by atoms with Crippen LogP contribution in [0.3, 0.4) is 0 Å². The van der Waals surface area contributed by atoms with Gasteiger partial charge in [-0.2, -0.15) is 0 Å². The molecule has 4 rings (SSSR count). The zero-order valence-electron chi connectivity index (χ0n) is 18.2. The molecule has 0 radical (unpaired) electrons. The summed E-state index contributed by atoms with van der Waals surface area (Å²) in [6.45, 7) is 6.02. The number of nitrogens with one attached hydrogen (secondary N) is 1. The molecule has 1 saturated carbocycles. The van der Waals surface area contributed by atoms with Gasteiger partial charge in [0.1, 0.15) is 18.1 Å². The van der Waals surface area contributed by atoms with Gasteiger partial charge in [-0.25, -0.2) is 4.68 Å². The van der Waals surface area contributed by atoms with Crippen molar-refractivity contribution >= 4 is 22.8 Å². The van der Waals surface area contributed by atoms with E-state index in [0.717, 1.165) is 30.3 Å². The molecule has 0 spiro atoms. The smallest absolute Gasteiger partial charge is 0.247 e. The largest absolute Gasteiger partial charge is 0.349 e. The highest BCUT2D eigenvalue weighted by molar-refractivity contribution is 5.90. The van der Waals surface area contributed by atoms with Gasteiger partial charge in [0.05, 0.1) is 5.52 Å². The summed E-state index contributed by atoms with van der Waals surface area (Å²) in [6.07, 6.45) is 5.87. The molecule has 0 bridgehead atoms. The van der Waals surface area contributed by atoms with Gasteiger partial charge in [-0.1, -0.05) is 30.3 Å². The quantitative estimate of drug-likeness (QED) is 0.605. The number of benzene rings is 1. The summed E-state index contributed by atoms with van der Waals surface area (Å²) in [5.41, 5.74) is 1.86. The van der Waals surface area contributed by atoms with Gasteiger partial charge >= 0.3 is 0 Å². The zero-order valence-corrected chi connectivity index (χ0v) is 18.2. The number of nitrogens with zero attached hydrogens (tertiary/aromatic N) is 5. The molecule has 1 aliphatic rings. The summed E-state index contributed by atoms with van der Waals surface area (Å²) in [5.74, 6) is -0.347. The van der Waals surface area contributed by atoms with Gasteiger partial charge in [-0.3, -0.25) is 14.6 Å². The minimum Gasteiger partial charge on any atom is -0.349 e. The highest BCUT2D eigenvalue weighted by atomic mass is 16.2. The number of aromatic nitrogens is 4. The number of amides is 2. The summed E-state index contributed by atoms with van der Waals surface area (Å²) < 4.78 is 1.60. The first-order valence-electron chi connectivity index (χ1n) is 10.7. The van der Waals surface area contributed by atoms with Gasteiger partial charge in [0, 0.05) is 29.5 Å². The molecular weight excluding hydrogens is 392 g/mol. The van der Waals surface area contributed by atoms with Crippen LogP contribution in [0.25, 0.3) is 11.0 Å². The highest BCUT2D eigenvalue weighted by Gasteiger charge is 2.42.